The predicted molar refractivity (Wildman–Crippen MR) is 85.8 cm³/mol. The minimum Gasteiger partial charge on any atom is -0.369 e. The summed E-state index contributed by atoms with van der Waals surface area (Å²) in [5, 5.41) is 0. The van der Waals surface area contributed by atoms with Gasteiger partial charge in [-0.25, -0.2) is 0 Å². The van der Waals surface area contributed by atoms with Crippen molar-refractivity contribution in [3.63, 3.8) is 0 Å². The lowest BCUT2D eigenvalue weighted by atomic mass is 9.96. The average Bonchev–Trinajstić information content (AvgIpc) is 2.53. The van der Waals surface area contributed by atoms with E-state index in [1.807, 2.05) is 36.6 Å². The van der Waals surface area contributed by atoms with Crippen molar-refractivity contribution in [3.8, 4) is 0 Å². The molecule has 112 valence electrons. The summed E-state index contributed by atoms with van der Waals surface area (Å²) in [5.41, 5.74) is 6.30. The zero-order chi connectivity index (χ0) is 15.2. The van der Waals surface area contributed by atoms with Gasteiger partial charge in [-0.1, -0.05) is 12.1 Å². The van der Waals surface area contributed by atoms with Crippen LogP contribution in [-0.2, 0) is 9.59 Å². The number of carbonyl (C=O) groups is 2. The first-order valence-electron chi connectivity index (χ1n) is 7.00. The Morgan fingerprint density at radius 1 is 1.24 bits per heavy atom. The average molecular weight is 304 g/mol. The van der Waals surface area contributed by atoms with E-state index >= 15 is 0 Å². The lowest BCUT2D eigenvalue weighted by Gasteiger charge is -2.29. The summed E-state index contributed by atoms with van der Waals surface area (Å²) in [5.74, 6) is -0.351. The van der Waals surface area contributed by atoms with Crippen molar-refractivity contribution in [1.29, 1.82) is 0 Å². The number of hydrogen-bond donors (Lipinski definition) is 1. The number of nitrogens with zero attached hydrogens (tertiary/aromatic N) is 1. The maximum atomic E-state index is 12.1. The molecule has 1 aliphatic heterocycles. The highest BCUT2D eigenvalue weighted by Crippen LogP contribution is 2.18. The summed E-state index contributed by atoms with van der Waals surface area (Å²) >= 11 is 1.69. The SMILES string of the molecule is CSc1ccc(/C=C/C(=O)N2CCC(C(N)=O)CC2)cc1. The molecule has 0 bridgehead atoms. The van der Waals surface area contributed by atoms with Crippen LogP contribution < -0.4 is 5.73 Å². The molecule has 0 atom stereocenters. The van der Waals surface area contributed by atoms with Crippen molar-refractivity contribution >= 4 is 29.7 Å². The fourth-order valence-corrected chi connectivity index (χ4v) is 2.78. The van der Waals surface area contributed by atoms with Crippen LogP contribution in [0.25, 0.3) is 6.08 Å². The Bertz CT molecular complexity index is 532. The highest BCUT2D eigenvalue weighted by molar-refractivity contribution is 7.98. The van der Waals surface area contributed by atoms with E-state index in [9.17, 15) is 9.59 Å². The normalized spacial score (nSPS) is 16.3. The van der Waals surface area contributed by atoms with E-state index in [1.165, 1.54) is 4.90 Å². The Labute approximate surface area is 129 Å². The van der Waals surface area contributed by atoms with Crippen LogP contribution in [0.1, 0.15) is 18.4 Å². The molecule has 2 N–H and O–H groups in total. The van der Waals surface area contributed by atoms with Crippen LogP contribution in [0.5, 0.6) is 0 Å². The van der Waals surface area contributed by atoms with E-state index in [4.69, 9.17) is 5.73 Å². The maximum absolute atomic E-state index is 12.1. The molecule has 0 aromatic heterocycles. The number of amides is 2. The number of likely N-dealkylation sites (tertiary alicyclic amines) is 1. The molecule has 2 amide bonds. The number of primary amides is 1. The monoisotopic (exact) mass is 304 g/mol. The number of thioether (sulfide) groups is 1. The highest BCUT2D eigenvalue weighted by Gasteiger charge is 2.24. The predicted octanol–water partition coefficient (Wildman–Crippen LogP) is 2.15. The maximum Gasteiger partial charge on any atom is 0.246 e. The molecule has 2 rings (SSSR count). The molecule has 4 nitrogen and oxygen atoms in total. The van der Waals surface area contributed by atoms with Gasteiger partial charge in [0.25, 0.3) is 0 Å². The number of benzene rings is 1. The Morgan fingerprint density at radius 2 is 1.86 bits per heavy atom. The molecule has 1 aromatic rings. The number of rotatable bonds is 4. The van der Waals surface area contributed by atoms with Crippen LogP contribution in [-0.4, -0.2) is 36.1 Å². The van der Waals surface area contributed by atoms with Crippen molar-refractivity contribution in [1.82, 2.24) is 4.90 Å². The van der Waals surface area contributed by atoms with Gasteiger partial charge in [0.05, 0.1) is 0 Å². The smallest absolute Gasteiger partial charge is 0.246 e. The number of piperidine rings is 1. The van der Waals surface area contributed by atoms with E-state index in [1.54, 1.807) is 22.7 Å². The second kappa shape index (κ2) is 7.31. The Hall–Kier alpha value is -1.75. The molecule has 0 unspecified atom stereocenters. The van der Waals surface area contributed by atoms with Gasteiger partial charge in [0, 0.05) is 30.0 Å². The summed E-state index contributed by atoms with van der Waals surface area (Å²) in [4.78, 5) is 26.2. The van der Waals surface area contributed by atoms with E-state index in [0.717, 1.165) is 5.56 Å². The Kier molecular flexibility index (Phi) is 5.44. The van der Waals surface area contributed by atoms with Crippen LogP contribution in [0.3, 0.4) is 0 Å². The van der Waals surface area contributed by atoms with Gasteiger partial charge < -0.3 is 10.6 Å². The number of nitrogens with two attached hydrogens (primary N) is 1. The molecule has 5 heteroatoms. The summed E-state index contributed by atoms with van der Waals surface area (Å²) in [6, 6.07) is 8.06. The number of hydrogen-bond acceptors (Lipinski definition) is 3. The zero-order valence-corrected chi connectivity index (χ0v) is 12.9. The summed E-state index contributed by atoms with van der Waals surface area (Å²) in [6.45, 7) is 1.20. The van der Waals surface area contributed by atoms with Crippen molar-refractivity contribution in [2.24, 2.45) is 11.7 Å². The molecule has 1 aliphatic rings. The van der Waals surface area contributed by atoms with E-state index < -0.39 is 0 Å². The number of carbonyl (C=O) groups excluding carboxylic acids is 2. The summed E-state index contributed by atoms with van der Waals surface area (Å²) in [6.07, 6.45) is 6.78. The first-order valence-corrected chi connectivity index (χ1v) is 8.23. The van der Waals surface area contributed by atoms with Crippen LogP contribution in [0.15, 0.2) is 35.2 Å². The zero-order valence-electron chi connectivity index (χ0n) is 12.1. The van der Waals surface area contributed by atoms with E-state index in [-0.39, 0.29) is 17.7 Å². The van der Waals surface area contributed by atoms with E-state index in [2.05, 4.69) is 0 Å². The van der Waals surface area contributed by atoms with Gasteiger partial charge in [0.2, 0.25) is 11.8 Å². The third-order valence-corrected chi connectivity index (χ3v) is 4.49. The van der Waals surface area contributed by atoms with Crippen molar-refractivity contribution < 1.29 is 9.59 Å². The third kappa shape index (κ3) is 4.36. The van der Waals surface area contributed by atoms with Crippen LogP contribution in [0.4, 0.5) is 0 Å². The minimum absolute atomic E-state index is 0.00753. The molecule has 0 aliphatic carbocycles. The van der Waals surface area contributed by atoms with Crippen molar-refractivity contribution in [2.45, 2.75) is 17.7 Å². The minimum atomic E-state index is -0.258. The van der Waals surface area contributed by atoms with Crippen LogP contribution in [0, 0.1) is 5.92 Å². The molecular weight excluding hydrogens is 284 g/mol. The Balaban J connectivity index is 1.89. The van der Waals surface area contributed by atoms with Gasteiger partial charge in [-0.2, -0.15) is 0 Å². The van der Waals surface area contributed by atoms with Crippen molar-refractivity contribution in [2.75, 3.05) is 19.3 Å². The molecule has 21 heavy (non-hydrogen) atoms. The molecule has 1 aromatic carbocycles. The lowest BCUT2D eigenvalue weighted by molar-refractivity contribution is -0.130. The molecule has 0 spiro atoms. The Morgan fingerprint density at radius 3 is 2.38 bits per heavy atom. The topological polar surface area (TPSA) is 63.4 Å². The first kappa shape index (κ1) is 15.6. The molecule has 1 heterocycles. The largest absolute Gasteiger partial charge is 0.369 e. The highest BCUT2D eigenvalue weighted by atomic mass is 32.2. The van der Waals surface area contributed by atoms with Gasteiger partial charge in [0.15, 0.2) is 0 Å². The van der Waals surface area contributed by atoms with Crippen molar-refractivity contribution in [3.05, 3.63) is 35.9 Å². The quantitative estimate of drug-likeness (QED) is 0.685. The van der Waals surface area contributed by atoms with Crippen LogP contribution >= 0.6 is 11.8 Å². The van der Waals surface area contributed by atoms with Gasteiger partial charge in [0.1, 0.15) is 0 Å². The third-order valence-electron chi connectivity index (χ3n) is 3.74. The summed E-state index contributed by atoms with van der Waals surface area (Å²) in [7, 11) is 0. The molecule has 1 fully saturated rings. The van der Waals surface area contributed by atoms with Gasteiger partial charge in [-0.3, -0.25) is 9.59 Å². The molecule has 0 saturated carbocycles. The first-order chi connectivity index (χ1) is 10.1. The lowest BCUT2D eigenvalue weighted by Crippen LogP contribution is -2.41. The molecule has 0 radical (unpaired) electrons. The van der Waals surface area contributed by atoms with Gasteiger partial charge >= 0.3 is 0 Å². The standard InChI is InChI=1S/C16H20N2O2S/c1-21-14-5-2-12(3-6-14)4-7-15(19)18-10-8-13(9-11-18)16(17)20/h2-7,13H,8-11H2,1H3,(H2,17,20)/b7-4+. The van der Waals surface area contributed by atoms with Crippen LogP contribution in [0.2, 0.25) is 0 Å². The second-order valence-corrected chi connectivity index (χ2v) is 5.99. The molecule has 1 saturated heterocycles. The van der Waals surface area contributed by atoms with E-state index in [0.29, 0.717) is 25.9 Å². The second-order valence-electron chi connectivity index (χ2n) is 5.11. The van der Waals surface area contributed by atoms with Gasteiger partial charge in [-0.15, -0.1) is 11.8 Å². The molecular formula is C16H20N2O2S. The fraction of sp³-hybridized carbons (Fsp3) is 0.375. The van der Waals surface area contributed by atoms with Gasteiger partial charge in [-0.05, 0) is 42.9 Å². The fourth-order valence-electron chi connectivity index (χ4n) is 2.37. The summed E-state index contributed by atoms with van der Waals surface area (Å²) < 4.78 is 0.